The summed E-state index contributed by atoms with van der Waals surface area (Å²) in [5.41, 5.74) is 0.375. The molecular formula is C12H16FN3O2. The smallest absolute Gasteiger partial charge is 0.241 e. The number of nitrogens with one attached hydrogen (secondary N) is 1. The number of carbonyl (C=O) groups is 1. The topological polar surface area (TPSA) is 54.5 Å². The molecule has 1 aromatic heterocycles. The third kappa shape index (κ3) is 3.24. The van der Waals surface area contributed by atoms with Crippen LogP contribution in [-0.2, 0) is 9.53 Å². The van der Waals surface area contributed by atoms with Gasteiger partial charge in [0.05, 0.1) is 37.3 Å². The molecule has 18 heavy (non-hydrogen) atoms. The normalized spacial score (nSPS) is 18.3. The highest BCUT2D eigenvalue weighted by molar-refractivity contribution is 5.94. The standard InChI is InChI=1S/C12H16FN3O2/c1-9(16-2-4-18-5-3-16)12(17)15-11-6-10(13)7-14-8-11/h6-9H,2-5H2,1H3,(H,15,17)/t9-/m0/s1. The summed E-state index contributed by atoms with van der Waals surface area (Å²) in [7, 11) is 0. The first-order valence-electron chi connectivity index (χ1n) is 5.90. The Labute approximate surface area is 105 Å². The number of hydrogen-bond donors (Lipinski definition) is 1. The van der Waals surface area contributed by atoms with Gasteiger partial charge in [-0.3, -0.25) is 14.7 Å². The second-order valence-electron chi connectivity index (χ2n) is 4.21. The lowest BCUT2D eigenvalue weighted by Gasteiger charge is -2.31. The van der Waals surface area contributed by atoms with Gasteiger partial charge in [0.15, 0.2) is 0 Å². The van der Waals surface area contributed by atoms with Gasteiger partial charge in [0.25, 0.3) is 0 Å². The molecule has 0 saturated carbocycles. The average molecular weight is 253 g/mol. The van der Waals surface area contributed by atoms with Gasteiger partial charge in [0, 0.05) is 19.2 Å². The summed E-state index contributed by atoms with van der Waals surface area (Å²) in [4.78, 5) is 17.7. The third-order valence-corrected chi connectivity index (χ3v) is 2.95. The molecule has 2 heterocycles. The van der Waals surface area contributed by atoms with Gasteiger partial charge in [-0.15, -0.1) is 0 Å². The first-order chi connectivity index (χ1) is 8.66. The number of amides is 1. The first kappa shape index (κ1) is 12.9. The van der Waals surface area contributed by atoms with Crippen LogP contribution < -0.4 is 5.32 Å². The summed E-state index contributed by atoms with van der Waals surface area (Å²) in [6.45, 7) is 4.57. The number of rotatable bonds is 3. The van der Waals surface area contributed by atoms with Crippen molar-refractivity contribution in [3.8, 4) is 0 Å². The Hall–Kier alpha value is -1.53. The maximum atomic E-state index is 12.9. The minimum Gasteiger partial charge on any atom is -0.379 e. The zero-order valence-corrected chi connectivity index (χ0v) is 10.2. The summed E-state index contributed by atoms with van der Waals surface area (Å²) in [6.07, 6.45) is 2.52. The van der Waals surface area contributed by atoms with Crippen LogP contribution in [0.1, 0.15) is 6.92 Å². The highest BCUT2D eigenvalue weighted by atomic mass is 19.1. The molecule has 5 nitrogen and oxygen atoms in total. The van der Waals surface area contributed by atoms with Crippen LogP contribution in [0.2, 0.25) is 0 Å². The molecule has 6 heteroatoms. The van der Waals surface area contributed by atoms with E-state index in [0.29, 0.717) is 18.9 Å². The Morgan fingerprint density at radius 1 is 1.50 bits per heavy atom. The van der Waals surface area contributed by atoms with Crippen molar-refractivity contribution in [2.75, 3.05) is 31.6 Å². The van der Waals surface area contributed by atoms with E-state index in [1.165, 1.54) is 12.3 Å². The van der Waals surface area contributed by atoms with Crippen LogP contribution in [0.25, 0.3) is 0 Å². The summed E-state index contributed by atoms with van der Waals surface area (Å²) < 4.78 is 18.2. The van der Waals surface area contributed by atoms with E-state index < -0.39 is 5.82 Å². The van der Waals surface area contributed by atoms with Crippen molar-refractivity contribution in [2.45, 2.75) is 13.0 Å². The predicted molar refractivity (Wildman–Crippen MR) is 64.7 cm³/mol. The number of aromatic nitrogens is 1. The molecule has 98 valence electrons. The fourth-order valence-corrected chi connectivity index (χ4v) is 1.86. The van der Waals surface area contributed by atoms with Crippen molar-refractivity contribution in [3.63, 3.8) is 0 Å². The predicted octanol–water partition coefficient (Wildman–Crippen LogP) is 0.880. The molecule has 1 aliphatic rings. The Bertz CT molecular complexity index is 422. The van der Waals surface area contributed by atoms with Crippen LogP contribution in [0.4, 0.5) is 10.1 Å². The van der Waals surface area contributed by atoms with Gasteiger partial charge in [-0.05, 0) is 6.92 Å². The van der Waals surface area contributed by atoms with Crippen molar-refractivity contribution in [1.29, 1.82) is 0 Å². The highest BCUT2D eigenvalue weighted by Crippen LogP contribution is 2.10. The fourth-order valence-electron chi connectivity index (χ4n) is 1.86. The molecule has 0 bridgehead atoms. The molecule has 1 saturated heterocycles. The van der Waals surface area contributed by atoms with Gasteiger partial charge in [0.2, 0.25) is 5.91 Å². The maximum Gasteiger partial charge on any atom is 0.241 e. The monoisotopic (exact) mass is 253 g/mol. The van der Waals surface area contributed by atoms with E-state index >= 15 is 0 Å². The second kappa shape index (κ2) is 5.88. The van der Waals surface area contributed by atoms with Crippen LogP contribution >= 0.6 is 0 Å². The number of anilines is 1. The largest absolute Gasteiger partial charge is 0.379 e. The SMILES string of the molecule is C[C@@H](C(=O)Nc1cncc(F)c1)N1CCOCC1. The molecule has 1 aromatic rings. The number of nitrogens with zero attached hydrogens (tertiary/aromatic N) is 2. The quantitative estimate of drug-likeness (QED) is 0.869. The molecular weight excluding hydrogens is 237 g/mol. The van der Waals surface area contributed by atoms with Crippen molar-refractivity contribution in [1.82, 2.24) is 9.88 Å². The van der Waals surface area contributed by atoms with Gasteiger partial charge in [0.1, 0.15) is 5.82 Å². The lowest BCUT2D eigenvalue weighted by molar-refractivity contribution is -0.122. The third-order valence-electron chi connectivity index (χ3n) is 2.95. The summed E-state index contributed by atoms with van der Waals surface area (Å²) >= 11 is 0. The van der Waals surface area contributed by atoms with E-state index in [-0.39, 0.29) is 11.9 Å². The van der Waals surface area contributed by atoms with Crippen molar-refractivity contribution >= 4 is 11.6 Å². The zero-order valence-electron chi connectivity index (χ0n) is 10.2. The molecule has 1 fully saturated rings. The van der Waals surface area contributed by atoms with Crippen LogP contribution in [0.15, 0.2) is 18.5 Å². The molecule has 1 N–H and O–H groups in total. The number of ether oxygens (including phenoxy) is 1. The van der Waals surface area contributed by atoms with Gasteiger partial charge < -0.3 is 10.1 Å². The number of halogens is 1. The Balaban J connectivity index is 1.94. The fraction of sp³-hybridized carbons (Fsp3) is 0.500. The van der Waals surface area contributed by atoms with E-state index in [1.807, 2.05) is 11.8 Å². The van der Waals surface area contributed by atoms with Crippen LogP contribution in [0.3, 0.4) is 0 Å². The summed E-state index contributed by atoms with van der Waals surface area (Å²) in [6, 6.07) is 0.980. The van der Waals surface area contributed by atoms with Crippen molar-refractivity contribution < 1.29 is 13.9 Å². The van der Waals surface area contributed by atoms with E-state index in [9.17, 15) is 9.18 Å². The van der Waals surface area contributed by atoms with Gasteiger partial charge >= 0.3 is 0 Å². The van der Waals surface area contributed by atoms with E-state index in [2.05, 4.69) is 10.3 Å². The molecule has 1 aliphatic heterocycles. The Morgan fingerprint density at radius 2 is 2.22 bits per heavy atom. The van der Waals surface area contributed by atoms with Crippen LogP contribution in [0, 0.1) is 5.82 Å². The van der Waals surface area contributed by atoms with Crippen LogP contribution in [0.5, 0.6) is 0 Å². The minimum absolute atomic E-state index is 0.163. The van der Waals surface area contributed by atoms with E-state index in [1.54, 1.807) is 0 Å². The highest BCUT2D eigenvalue weighted by Gasteiger charge is 2.23. The van der Waals surface area contributed by atoms with Gasteiger partial charge in [-0.1, -0.05) is 0 Å². The molecule has 0 aromatic carbocycles. The second-order valence-corrected chi connectivity index (χ2v) is 4.21. The lowest BCUT2D eigenvalue weighted by atomic mass is 10.2. The number of carbonyl (C=O) groups excluding carboxylic acids is 1. The summed E-state index contributed by atoms with van der Waals surface area (Å²) in [5.74, 6) is -0.629. The molecule has 0 unspecified atom stereocenters. The van der Waals surface area contributed by atoms with Crippen molar-refractivity contribution in [2.24, 2.45) is 0 Å². The van der Waals surface area contributed by atoms with Crippen molar-refractivity contribution in [3.05, 3.63) is 24.3 Å². The van der Waals surface area contributed by atoms with Gasteiger partial charge in [-0.2, -0.15) is 0 Å². The maximum absolute atomic E-state index is 12.9. The molecule has 2 rings (SSSR count). The van der Waals surface area contributed by atoms with E-state index in [4.69, 9.17) is 4.74 Å². The van der Waals surface area contributed by atoms with Gasteiger partial charge in [-0.25, -0.2) is 4.39 Å². The average Bonchev–Trinajstić information content (AvgIpc) is 2.39. The molecule has 0 radical (unpaired) electrons. The molecule has 0 aliphatic carbocycles. The Morgan fingerprint density at radius 3 is 2.89 bits per heavy atom. The Kier molecular flexibility index (Phi) is 4.22. The van der Waals surface area contributed by atoms with E-state index in [0.717, 1.165) is 19.3 Å². The molecule has 1 atom stereocenters. The number of morpholine rings is 1. The molecule has 0 spiro atoms. The molecule has 1 amide bonds. The lowest BCUT2D eigenvalue weighted by Crippen LogP contribution is -2.47. The summed E-state index contributed by atoms with van der Waals surface area (Å²) in [5, 5.41) is 2.66. The number of hydrogen-bond acceptors (Lipinski definition) is 4. The number of pyridine rings is 1. The zero-order chi connectivity index (χ0) is 13.0. The van der Waals surface area contributed by atoms with Crippen LogP contribution in [-0.4, -0.2) is 48.1 Å². The first-order valence-corrected chi connectivity index (χ1v) is 5.90. The minimum atomic E-state index is -0.466.